The maximum absolute atomic E-state index is 9.55. The van der Waals surface area contributed by atoms with Crippen LogP contribution in [0.2, 0.25) is 0 Å². The quantitative estimate of drug-likeness (QED) is 0.504. The Kier molecular flexibility index (Phi) is 5.70. The van der Waals surface area contributed by atoms with Gasteiger partial charge in [-0.05, 0) is 0 Å². The van der Waals surface area contributed by atoms with Crippen molar-refractivity contribution >= 4 is 11.9 Å². The molecule has 0 fully saturated rings. The standard InChI is InChI=1S/C4H4O4.C/c5-3(6)1-2-4(7)8;/h1-2H,(H,5,6)(H,7,8);/b2-1-;. The second-order valence-electron chi connectivity index (χ2n) is 1.01. The number of carboxylic acid groups (broad SMARTS) is 2. The monoisotopic (exact) mass is 128 g/mol. The Morgan fingerprint density at radius 3 is 1.33 bits per heavy atom. The maximum Gasteiger partial charge on any atom is 0.328 e. The van der Waals surface area contributed by atoms with E-state index in [9.17, 15) is 9.59 Å². The van der Waals surface area contributed by atoms with Gasteiger partial charge in [-0.3, -0.25) is 0 Å². The molecule has 4 nitrogen and oxygen atoms in total. The smallest absolute Gasteiger partial charge is 0.328 e. The van der Waals surface area contributed by atoms with Crippen LogP contribution in [0.3, 0.4) is 0 Å². The fraction of sp³-hybridized carbons (Fsp3) is 0. The van der Waals surface area contributed by atoms with Crippen LogP contribution in [0.15, 0.2) is 12.2 Å². The molecular weight excluding hydrogens is 124 g/mol. The van der Waals surface area contributed by atoms with Gasteiger partial charge in [-0.1, -0.05) is 0 Å². The van der Waals surface area contributed by atoms with Crippen molar-refractivity contribution in [2.45, 2.75) is 0 Å². The van der Waals surface area contributed by atoms with Gasteiger partial charge < -0.3 is 10.2 Å². The lowest BCUT2D eigenvalue weighted by Crippen LogP contribution is -1.91. The second-order valence-corrected chi connectivity index (χ2v) is 1.01. The van der Waals surface area contributed by atoms with Gasteiger partial charge in [-0.25, -0.2) is 9.59 Å². The van der Waals surface area contributed by atoms with Gasteiger partial charge >= 0.3 is 11.9 Å². The third-order valence-corrected chi connectivity index (χ3v) is 0.368. The molecule has 0 aliphatic rings. The van der Waals surface area contributed by atoms with E-state index in [0.717, 1.165) is 0 Å². The van der Waals surface area contributed by atoms with Gasteiger partial charge in [-0.15, -0.1) is 0 Å². The molecule has 4 heteroatoms. The van der Waals surface area contributed by atoms with Crippen LogP contribution in [0, 0.1) is 7.43 Å². The number of hydrogen-bond donors (Lipinski definition) is 2. The Balaban J connectivity index is 0. The van der Waals surface area contributed by atoms with Crippen molar-refractivity contribution in [2.24, 2.45) is 0 Å². The summed E-state index contributed by atoms with van der Waals surface area (Å²) in [6, 6.07) is 0. The minimum absolute atomic E-state index is 0. The SMILES string of the molecule is O=C(O)/C=C\C(=O)O.[C]. The fourth-order valence-corrected chi connectivity index (χ4v) is 0.143. The highest BCUT2D eigenvalue weighted by molar-refractivity contribution is 5.89. The summed E-state index contributed by atoms with van der Waals surface area (Å²) < 4.78 is 0. The predicted octanol–water partition coefficient (Wildman–Crippen LogP) is -0.207. The minimum Gasteiger partial charge on any atom is -0.478 e. The summed E-state index contributed by atoms with van der Waals surface area (Å²) in [5, 5.41) is 15.6. The van der Waals surface area contributed by atoms with Gasteiger partial charge in [0.05, 0.1) is 0 Å². The third kappa shape index (κ3) is 10.8. The topological polar surface area (TPSA) is 74.6 Å². The molecule has 0 aromatic heterocycles. The van der Waals surface area contributed by atoms with Gasteiger partial charge in [0.15, 0.2) is 0 Å². The molecule has 0 aromatic rings. The summed E-state index contributed by atoms with van der Waals surface area (Å²) in [6.07, 6.45) is 1.12. The summed E-state index contributed by atoms with van der Waals surface area (Å²) in [5.74, 6) is -2.51. The lowest BCUT2D eigenvalue weighted by molar-refractivity contribution is -0.134. The lowest BCUT2D eigenvalue weighted by atomic mass is 10.5. The van der Waals surface area contributed by atoms with Gasteiger partial charge in [-0.2, -0.15) is 0 Å². The van der Waals surface area contributed by atoms with Crippen LogP contribution in [0.1, 0.15) is 0 Å². The zero-order chi connectivity index (χ0) is 6.57. The van der Waals surface area contributed by atoms with E-state index in [0.29, 0.717) is 12.2 Å². The first-order chi connectivity index (χ1) is 3.63. The van der Waals surface area contributed by atoms with Crippen LogP contribution in [0.5, 0.6) is 0 Å². The van der Waals surface area contributed by atoms with E-state index in [1.54, 1.807) is 0 Å². The Hall–Kier alpha value is -1.32. The zero-order valence-electron chi connectivity index (χ0n) is 4.37. The summed E-state index contributed by atoms with van der Waals surface area (Å²) in [6.45, 7) is 0. The summed E-state index contributed by atoms with van der Waals surface area (Å²) in [5.41, 5.74) is 0. The van der Waals surface area contributed by atoms with Crippen molar-refractivity contribution < 1.29 is 19.8 Å². The Morgan fingerprint density at radius 1 is 1.00 bits per heavy atom. The van der Waals surface area contributed by atoms with Crippen LogP contribution in [0.4, 0.5) is 0 Å². The molecule has 0 heterocycles. The molecule has 0 saturated heterocycles. The highest BCUT2D eigenvalue weighted by Gasteiger charge is 1.88. The molecule has 0 bridgehead atoms. The first-order valence-electron chi connectivity index (χ1n) is 1.77. The van der Waals surface area contributed by atoms with Crippen LogP contribution >= 0.6 is 0 Å². The van der Waals surface area contributed by atoms with Crippen molar-refractivity contribution in [3.63, 3.8) is 0 Å². The Labute approximate surface area is 52.4 Å². The number of aliphatic carboxylic acids is 2. The van der Waals surface area contributed by atoms with Crippen molar-refractivity contribution in [1.82, 2.24) is 0 Å². The van der Waals surface area contributed by atoms with E-state index in [1.807, 2.05) is 0 Å². The Bertz CT molecular complexity index is 120. The summed E-state index contributed by atoms with van der Waals surface area (Å²) in [7, 11) is 0. The third-order valence-electron chi connectivity index (χ3n) is 0.368. The van der Waals surface area contributed by atoms with Crippen LogP contribution in [-0.4, -0.2) is 22.2 Å². The van der Waals surface area contributed by atoms with Crippen LogP contribution in [0.25, 0.3) is 0 Å². The largest absolute Gasteiger partial charge is 0.478 e. The highest BCUT2D eigenvalue weighted by atomic mass is 16.4. The van der Waals surface area contributed by atoms with Gasteiger partial charge in [0.25, 0.3) is 0 Å². The van der Waals surface area contributed by atoms with Gasteiger partial charge in [0.1, 0.15) is 0 Å². The van der Waals surface area contributed by atoms with Crippen LogP contribution < -0.4 is 0 Å². The molecule has 0 aliphatic carbocycles. The zero-order valence-corrected chi connectivity index (χ0v) is 4.37. The van der Waals surface area contributed by atoms with E-state index in [1.165, 1.54) is 0 Å². The number of hydrogen-bond acceptors (Lipinski definition) is 2. The molecule has 0 atom stereocenters. The van der Waals surface area contributed by atoms with E-state index >= 15 is 0 Å². The van der Waals surface area contributed by atoms with E-state index in [2.05, 4.69) is 0 Å². The lowest BCUT2D eigenvalue weighted by Gasteiger charge is -1.74. The molecule has 48 valence electrons. The fourth-order valence-electron chi connectivity index (χ4n) is 0.143. The van der Waals surface area contributed by atoms with Gasteiger partial charge in [0, 0.05) is 19.6 Å². The highest BCUT2D eigenvalue weighted by Crippen LogP contribution is 1.70. The van der Waals surface area contributed by atoms with Gasteiger partial charge in [0.2, 0.25) is 0 Å². The second kappa shape index (κ2) is 4.83. The first kappa shape index (κ1) is 10.6. The molecule has 0 aliphatic heterocycles. The van der Waals surface area contributed by atoms with Crippen molar-refractivity contribution in [3.05, 3.63) is 19.6 Å². The normalized spacial score (nSPS) is 8.44. The number of rotatable bonds is 2. The number of carboxylic acids is 2. The Morgan fingerprint density at radius 2 is 1.22 bits per heavy atom. The number of carbonyl (C=O) groups is 2. The van der Waals surface area contributed by atoms with E-state index < -0.39 is 11.9 Å². The average molecular weight is 128 g/mol. The van der Waals surface area contributed by atoms with Crippen molar-refractivity contribution in [2.75, 3.05) is 0 Å². The van der Waals surface area contributed by atoms with E-state index in [4.69, 9.17) is 10.2 Å². The molecule has 0 spiro atoms. The molecule has 4 radical (unpaired) electrons. The van der Waals surface area contributed by atoms with E-state index in [-0.39, 0.29) is 7.43 Å². The molecular formula is C5H4O4. The predicted molar refractivity (Wildman–Crippen MR) is 27.7 cm³/mol. The first-order valence-corrected chi connectivity index (χ1v) is 1.77. The van der Waals surface area contributed by atoms with Crippen molar-refractivity contribution in [3.8, 4) is 0 Å². The molecule has 9 heavy (non-hydrogen) atoms. The molecule has 2 N–H and O–H groups in total. The molecule has 0 amide bonds. The summed E-state index contributed by atoms with van der Waals surface area (Å²) in [4.78, 5) is 19.1. The van der Waals surface area contributed by atoms with Crippen LogP contribution in [-0.2, 0) is 9.59 Å². The average Bonchev–Trinajstić information content (AvgIpc) is 1.61. The summed E-state index contributed by atoms with van der Waals surface area (Å²) >= 11 is 0. The maximum atomic E-state index is 9.55. The molecule has 0 rings (SSSR count). The van der Waals surface area contributed by atoms with Crippen molar-refractivity contribution in [1.29, 1.82) is 0 Å². The minimum atomic E-state index is -1.26. The molecule has 0 saturated carbocycles. The molecule has 0 aromatic carbocycles. The molecule has 0 unspecified atom stereocenters.